The fourth-order valence-electron chi connectivity index (χ4n) is 3.00. The van der Waals surface area contributed by atoms with Crippen molar-refractivity contribution in [1.29, 1.82) is 0 Å². The van der Waals surface area contributed by atoms with Gasteiger partial charge in [0.1, 0.15) is 11.6 Å². The predicted octanol–water partition coefficient (Wildman–Crippen LogP) is 1.97. The number of aromatic nitrogens is 4. The highest BCUT2D eigenvalue weighted by atomic mass is 19.1. The van der Waals surface area contributed by atoms with Crippen molar-refractivity contribution in [3.05, 3.63) is 81.1 Å². The van der Waals surface area contributed by atoms with Crippen LogP contribution in [0.1, 0.15) is 0 Å². The Hall–Kier alpha value is -3.50. The Kier molecular flexibility index (Phi) is 5.59. The summed E-state index contributed by atoms with van der Waals surface area (Å²) in [6, 6.07) is 8.19. The molecule has 5 rings (SSSR count). The number of nitrogens with zero attached hydrogens (tertiary/aromatic N) is 3. The first-order valence-corrected chi connectivity index (χ1v) is 9.02. The van der Waals surface area contributed by atoms with Crippen molar-refractivity contribution in [2.24, 2.45) is 0 Å². The highest BCUT2D eigenvalue weighted by molar-refractivity contribution is 5.74. The Labute approximate surface area is 167 Å². The molecular weight excluding hydrogens is 398 g/mol. The van der Waals surface area contributed by atoms with E-state index in [1.54, 1.807) is 0 Å². The van der Waals surface area contributed by atoms with Crippen molar-refractivity contribution in [2.45, 2.75) is 12.8 Å². The molecule has 0 spiro atoms. The third-order valence-corrected chi connectivity index (χ3v) is 4.37. The van der Waals surface area contributed by atoms with Gasteiger partial charge in [0.25, 0.3) is 11.1 Å². The van der Waals surface area contributed by atoms with Gasteiger partial charge in [0, 0.05) is 0 Å². The zero-order valence-corrected chi connectivity index (χ0v) is 15.5. The number of halogens is 2. The van der Waals surface area contributed by atoms with Gasteiger partial charge in [0.2, 0.25) is 0 Å². The lowest BCUT2D eigenvalue weighted by Gasteiger charge is -2.13. The minimum absolute atomic E-state index is 0.237. The quantitative estimate of drug-likeness (QED) is 0.539. The number of ether oxygens (including phenoxy) is 2. The number of hydrogen-bond donors (Lipinski definition) is 1. The van der Waals surface area contributed by atoms with E-state index < -0.39 is 12.1 Å². The summed E-state index contributed by atoms with van der Waals surface area (Å²) in [6.07, 6.45) is 1.92. The molecule has 2 aromatic heterocycles. The summed E-state index contributed by atoms with van der Waals surface area (Å²) in [5, 5.41) is 0. The van der Waals surface area contributed by atoms with Crippen LogP contribution in [0.25, 0.3) is 22.1 Å². The molecule has 4 aromatic rings. The number of hydrogen-bond acceptors (Lipinski definition) is 6. The third-order valence-electron chi connectivity index (χ3n) is 4.37. The smallest absolute Gasteiger partial charge is 0.269 e. The fourth-order valence-corrected chi connectivity index (χ4v) is 3.00. The molecule has 1 fully saturated rings. The number of fused-ring (bicyclic) bond motifs is 2. The van der Waals surface area contributed by atoms with Gasteiger partial charge in [0.15, 0.2) is 6.29 Å². The molecule has 0 unspecified atom stereocenters. The van der Waals surface area contributed by atoms with Crippen LogP contribution in [0.3, 0.4) is 0 Å². The van der Waals surface area contributed by atoms with Crippen molar-refractivity contribution < 1.29 is 18.3 Å². The minimum atomic E-state index is -0.462. The molecule has 2 aromatic carbocycles. The van der Waals surface area contributed by atoms with E-state index in [1.165, 1.54) is 53.4 Å². The molecule has 0 amide bonds. The SMILES string of the molecule is O=c1cnc2ccc(F)cc2[nH]1.O=c1cnc2ccc(F)cc2n1CC1OCCO1. The first-order valence-electron chi connectivity index (χ1n) is 9.02. The average Bonchev–Trinajstić information content (AvgIpc) is 3.24. The second-order valence-corrected chi connectivity index (χ2v) is 6.42. The van der Waals surface area contributed by atoms with E-state index in [-0.39, 0.29) is 23.5 Å². The molecule has 8 nitrogen and oxygen atoms in total. The van der Waals surface area contributed by atoms with E-state index in [4.69, 9.17) is 9.47 Å². The van der Waals surface area contributed by atoms with Gasteiger partial charge in [-0.2, -0.15) is 0 Å². The van der Waals surface area contributed by atoms with Crippen LogP contribution in [0.15, 0.2) is 58.4 Å². The number of nitrogens with one attached hydrogen (secondary N) is 1. The molecule has 10 heteroatoms. The first kappa shape index (κ1) is 19.8. The van der Waals surface area contributed by atoms with E-state index in [9.17, 15) is 18.4 Å². The van der Waals surface area contributed by atoms with E-state index in [2.05, 4.69) is 15.0 Å². The van der Waals surface area contributed by atoms with Crippen LogP contribution >= 0.6 is 0 Å². The fraction of sp³-hybridized carbons (Fsp3) is 0.200. The summed E-state index contributed by atoms with van der Waals surface area (Å²) in [5.74, 6) is -0.789. The molecule has 0 radical (unpaired) electrons. The van der Waals surface area contributed by atoms with Gasteiger partial charge in [-0.15, -0.1) is 0 Å². The van der Waals surface area contributed by atoms with E-state index in [0.717, 1.165) is 0 Å². The topological polar surface area (TPSA) is 99.1 Å². The monoisotopic (exact) mass is 414 g/mol. The Morgan fingerprint density at radius 1 is 0.967 bits per heavy atom. The lowest BCUT2D eigenvalue weighted by molar-refractivity contribution is -0.0523. The van der Waals surface area contributed by atoms with E-state index in [0.29, 0.717) is 35.3 Å². The van der Waals surface area contributed by atoms with Crippen molar-refractivity contribution in [2.75, 3.05) is 13.2 Å². The molecule has 1 saturated heterocycles. The van der Waals surface area contributed by atoms with Gasteiger partial charge in [-0.25, -0.2) is 18.7 Å². The molecule has 0 atom stereocenters. The predicted molar refractivity (Wildman–Crippen MR) is 104 cm³/mol. The highest BCUT2D eigenvalue weighted by Gasteiger charge is 2.18. The molecule has 1 aliphatic rings. The van der Waals surface area contributed by atoms with Crippen LogP contribution < -0.4 is 11.1 Å². The molecule has 0 aliphatic carbocycles. The highest BCUT2D eigenvalue weighted by Crippen LogP contribution is 2.14. The lowest BCUT2D eigenvalue weighted by Crippen LogP contribution is -2.27. The average molecular weight is 414 g/mol. The molecule has 3 heterocycles. The van der Waals surface area contributed by atoms with Crippen molar-refractivity contribution in [1.82, 2.24) is 19.5 Å². The number of aromatic amines is 1. The van der Waals surface area contributed by atoms with Gasteiger partial charge in [-0.05, 0) is 36.4 Å². The Morgan fingerprint density at radius 2 is 1.63 bits per heavy atom. The van der Waals surface area contributed by atoms with Crippen LogP contribution in [-0.2, 0) is 16.0 Å². The standard InChI is InChI=1S/C12H11FN2O3.C8H5FN2O/c13-8-1-2-9-10(5-8)15(11(16)6-14-9)7-12-17-3-4-18-12;9-5-1-2-6-7(3-5)11-8(12)4-10-6/h1-2,5-6,12H,3-4,7H2;1-4H,(H,11,12). The molecule has 30 heavy (non-hydrogen) atoms. The zero-order chi connectivity index (χ0) is 21.1. The van der Waals surface area contributed by atoms with Crippen LogP contribution in [0.5, 0.6) is 0 Å². The van der Waals surface area contributed by atoms with Crippen molar-refractivity contribution >= 4 is 22.1 Å². The minimum Gasteiger partial charge on any atom is -0.348 e. The summed E-state index contributed by atoms with van der Waals surface area (Å²) in [6.45, 7) is 1.26. The maximum absolute atomic E-state index is 13.3. The van der Waals surface area contributed by atoms with Crippen molar-refractivity contribution in [3.8, 4) is 0 Å². The largest absolute Gasteiger partial charge is 0.348 e. The molecule has 154 valence electrons. The van der Waals surface area contributed by atoms with Gasteiger partial charge in [0.05, 0.1) is 54.2 Å². The Balaban J connectivity index is 0.000000158. The second-order valence-electron chi connectivity index (χ2n) is 6.42. The molecule has 1 N–H and O–H groups in total. The third kappa shape index (κ3) is 4.39. The second kappa shape index (κ2) is 8.47. The van der Waals surface area contributed by atoms with Gasteiger partial charge in [-0.3, -0.25) is 9.59 Å². The first-order chi connectivity index (χ1) is 14.5. The molecule has 1 aliphatic heterocycles. The molecular formula is C20H16F2N4O4. The normalized spacial score (nSPS) is 14.1. The van der Waals surface area contributed by atoms with Crippen molar-refractivity contribution in [3.63, 3.8) is 0 Å². The summed E-state index contributed by atoms with van der Waals surface area (Å²) in [5.41, 5.74) is 1.38. The van der Waals surface area contributed by atoms with Gasteiger partial charge < -0.3 is 19.0 Å². The number of H-pyrrole nitrogens is 1. The maximum Gasteiger partial charge on any atom is 0.269 e. The maximum atomic E-state index is 13.3. The van der Waals surface area contributed by atoms with Crippen LogP contribution in [0.2, 0.25) is 0 Å². The van der Waals surface area contributed by atoms with E-state index >= 15 is 0 Å². The summed E-state index contributed by atoms with van der Waals surface area (Å²) < 4.78 is 37.9. The molecule has 0 bridgehead atoms. The summed E-state index contributed by atoms with van der Waals surface area (Å²) in [4.78, 5) is 32.8. The van der Waals surface area contributed by atoms with Crippen LogP contribution in [0.4, 0.5) is 8.78 Å². The lowest BCUT2D eigenvalue weighted by atomic mass is 10.3. The number of benzene rings is 2. The number of rotatable bonds is 2. The summed E-state index contributed by atoms with van der Waals surface area (Å²) >= 11 is 0. The van der Waals surface area contributed by atoms with Crippen LogP contribution in [0, 0.1) is 11.6 Å². The summed E-state index contributed by atoms with van der Waals surface area (Å²) in [7, 11) is 0. The van der Waals surface area contributed by atoms with Crippen LogP contribution in [-0.4, -0.2) is 39.0 Å². The van der Waals surface area contributed by atoms with E-state index in [1.807, 2.05) is 0 Å². The van der Waals surface area contributed by atoms with Gasteiger partial charge in [-0.1, -0.05) is 0 Å². The Bertz CT molecular complexity index is 1320. The Morgan fingerprint density at radius 3 is 2.40 bits per heavy atom. The van der Waals surface area contributed by atoms with Gasteiger partial charge >= 0.3 is 0 Å². The molecule has 0 saturated carbocycles. The zero-order valence-electron chi connectivity index (χ0n) is 15.5.